The van der Waals surface area contributed by atoms with E-state index in [4.69, 9.17) is 18.9 Å². The molecule has 1 saturated heterocycles. The number of benzene rings is 3. The van der Waals surface area contributed by atoms with Crippen LogP contribution < -0.4 is 19.1 Å². The largest absolute Gasteiger partial charge is 0.507 e. The van der Waals surface area contributed by atoms with E-state index in [0.29, 0.717) is 53.7 Å². The molecule has 10 nitrogen and oxygen atoms in total. The monoisotopic (exact) mass is 654 g/mol. The van der Waals surface area contributed by atoms with Gasteiger partial charge in [-0.25, -0.2) is 9.78 Å². The fourth-order valence-corrected chi connectivity index (χ4v) is 6.75. The molecule has 0 radical (unpaired) electrons. The standard InChI is InChI=1S/C36H34N2O8S/c1-5-43-28-18-23(12-15-27(28)45-19-22-10-8-7-9-11-22)30-29(31(39)24-13-14-26-25(17-24)16-20(3)46-26)32(40)34(41)38(30)36-37-21(4)33(47-36)35(42)44-6-2/h7-15,17-18,20,30,39H,5-6,16,19H2,1-4H3/b31-29+/t20-,30-/m0/s1. The number of Topliss-reactive ketones (excluding diaryl/α,β-unsaturated/α-hetero) is 1. The second kappa shape index (κ2) is 13.3. The van der Waals surface area contributed by atoms with Gasteiger partial charge < -0.3 is 24.1 Å². The second-order valence-corrected chi connectivity index (χ2v) is 12.1. The molecule has 0 saturated carbocycles. The van der Waals surface area contributed by atoms with Gasteiger partial charge in [-0.1, -0.05) is 47.7 Å². The first kappa shape index (κ1) is 31.8. The van der Waals surface area contributed by atoms with Crippen molar-refractivity contribution in [3.63, 3.8) is 0 Å². The Kier molecular flexibility index (Phi) is 8.99. The molecule has 6 rings (SSSR count). The molecule has 0 unspecified atom stereocenters. The maximum atomic E-state index is 13.8. The lowest BCUT2D eigenvalue weighted by atomic mass is 9.94. The van der Waals surface area contributed by atoms with Crippen molar-refractivity contribution >= 4 is 39.9 Å². The number of fused-ring (bicyclic) bond motifs is 1. The summed E-state index contributed by atoms with van der Waals surface area (Å²) >= 11 is 0.949. The number of hydrogen-bond donors (Lipinski definition) is 1. The van der Waals surface area contributed by atoms with Crippen LogP contribution in [0.15, 0.2) is 72.3 Å². The Labute approximate surface area is 276 Å². The lowest BCUT2D eigenvalue weighted by Gasteiger charge is -2.24. The summed E-state index contributed by atoms with van der Waals surface area (Å²) in [7, 11) is 0. The normalized spacial score (nSPS) is 18.2. The van der Waals surface area contributed by atoms with Crippen molar-refractivity contribution in [2.75, 3.05) is 18.1 Å². The summed E-state index contributed by atoms with van der Waals surface area (Å²) in [5, 5.41) is 11.9. The minimum Gasteiger partial charge on any atom is -0.507 e. The van der Waals surface area contributed by atoms with Crippen LogP contribution in [0.25, 0.3) is 5.76 Å². The molecule has 1 aromatic heterocycles. The molecule has 11 heteroatoms. The molecule has 3 heterocycles. The highest BCUT2D eigenvalue weighted by atomic mass is 32.1. The van der Waals surface area contributed by atoms with Gasteiger partial charge in [0.1, 0.15) is 29.1 Å². The van der Waals surface area contributed by atoms with Crippen LogP contribution in [0.5, 0.6) is 17.2 Å². The predicted molar refractivity (Wildman–Crippen MR) is 176 cm³/mol. The van der Waals surface area contributed by atoms with Crippen LogP contribution in [0.1, 0.15) is 64.4 Å². The molecule has 1 fully saturated rings. The zero-order chi connectivity index (χ0) is 33.2. The predicted octanol–water partition coefficient (Wildman–Crippen LogP) is 6.56. The summed E-state index contributed by atoms with van der Waals surface area (Å²) < 4.78 is 23.1. The highest BCUT2D eigenvalue weighted by molar-refractivity contribution is 7.17. The highest BCUT2D eigenvalue weighted by Gasteiger charge is 2.49. The first-order valence-electron chi connectivity index (χ1n) is 15.4. The zero-order valence-electron chi connectivity index (χ0n) is 26.4. The van der Waals surface area contributed by atoms with Crippen LogP contribution in [0, 0.1) is 6.92 Å². The van der Waals surface area contributed by atoms with Crippen LogP contribution in [0.4, 0.5) is 5.13 Å². The van der Waals surface area contributed by atoms with Crippen molar-refractivity contribution in [2.45, 2.75) is 52.9 Å². The number of rotatable bonds is 10. The molecule has 3 aromatic carbocycles. The molecule has 0 bridgehead atoms. The quantitative estimate of drug-likeness (QED) is 0.0877. The molecule has 47 heavy (non-hydrogen) atoms. The third-order valence-corrected chi connectivity index (χ3v) is 9.02. The molecule has 1 N–H and O–H groups in total. The van der Waals surface area contributed by atoms with Gasteiger partial charge in [-0.3, -0.25) is 14.5 Å². The van der Waals surface area contributed by atoms with Crippen molar-refractivity contribution in [3.8, 4) is 17.2 Å². The molecule has 1 amide bonds. The van der Waals surface area contributed by atoms with E-state index in [-0.39, 0.29) is 34.1 Å². The Morgan fingerprint density at radius 3 is 2.55 bits per heavy atom. The van der Waals surface area contributed by atoms with Crippen LogP contribution >= 0.6 is 11.3 Å². The van der Waals surface area contributed by atoms with Crippen molar-refractivity contribution in [1.82, 2.24) is 4.98 Å². The number of aliphatic hydroxyl groups is 1. The number of ketones is 1. The lowest BCUT2D eigenvalue weighted by molar-refractivity contribution is -0.132. The van der Waals surface area contributed by atoms with Crippen molar-refractivity contribution in [2.24, 2.45) is 0 Å². The van der Waals surface area contributed by atoms with Gasteiger partial charge in [-0.2, -0.15) is 0 Å². The topological polar surface area (TPSA) is 124 Å². The first-order chi connectivity index (χ1) is 22.7. The molecule has 2 aliphatic rings. The lowest BCUT2D eigenvalue weighted by Crippen LogP contribution is -2.29. The molecular formula is C36H34N2O8S. The smallest absolute Gasteiger partial charge is 0.350 e. The number of aromatic nitrogens is 1. The number of esters is 1. The number of thiazole rings is 1. The summed E-state index contributed by atoms with van der Waals surface area (Å²) in [5.41, 5.74) is 2.95. The summed E-state index contributed by atoms with van der Waals surface area (Å²) in [5.74, 6) is -1.10. The summed E-state index contributed by atoms with van der Waals surface area (Å²) in [6, 6.07) is 18.9. The number of amides is 1. The number of ether oxygens (including phenoxy) is 4. The number of carbonyl (C=O) groups excluding carboxylic acids is 3. The molecule has 2 atom stereocenters. The average molecular weight is 655 g/mol. The van der Waals surface area contributed by atoms with E-state index in [0.717, 1.165) is 22.5 Å². The zero-order valence-corrected chi connectivity index (χ0v) is 27.3. The van der Waals surface area contributed by atoms with E-state index in [1.165, 1.54) is 4.90 Å². The number of aliphatic hydroxyl groups excluding tert-OH is 1. The van der Waals surface area contributed by atoms with E-state index in [1.807, 2.05) is 44.2 Å². The minimum atomic E-state index is -1.10. The molecule has 0 spiro atoms. The Balaban J connectivity index is 1.47. The molecule has 242 valence electrons. The van der Waals surface area contributed by atoms with E-state index in [2.05, 4.69) is 4.98 Å². The van der Waals surface area contributed by atoms with Crippen molar-refractivity contribution < 1.29 is 38.4 Å². The van der Waals surface area contributed by atoms with Crippen LogP contribution in [0.2, 0.25) is 0 Å². The Bertz CT molecular complexity index is 1880. The van der Waals surface area contributed by atoms with Gasteiger partial charge in [0.15, 0.2) is 16.6 Å². The number of nitrogens with zero attached hydrogens (tertiary/aromatic N) is 2. The molecule has 0 aliphatic carbocycles. The van der Waals surface area contributed by atoms with E-state index in [9.17, 15) is 19.5 Å². The number of aryl methyl sites for hydroxylation is 1. The van der Waals surface area contributed by atoms with Gasteiger partial charge >= 0.3 is 11.9 Å². The number of carbonyl (C=O) groups is 3. The average Bonchev–Trinajstić information content (AvgIpc) is 3.72. The summed E-state index contributed by atoms with van der Waals surface area (Å²) in [6.07, 6.45) is 0.625. The van der Waals surface area contributed by atoms with Crippen LogP contribution in [0.3, 0.4) is 0 Å². The summed E-state index contributed by atoms with van der Waals surface area (Å²) in [6.45, 7) is 7.92. The molecule has 2 aliphatic heterocycles. The molecule has 4 aromatic rings. The van der Waals surface area contributed by atoms with E-state index < -0.39 is 23.7 Å². The fraction of sp³-hybridized carbons (Fsp3) is 0.278. The minimum absolute atomic E-state index is 0.0191. The number of anilines is 1. The van der Waals surface area contributed by atoms with Gasteiger partial charge in [0.25, 0.3) is 5.78 Å². The third-order valence-electron chi connectivity index (χ3n) is 7.89. The molecular weight excluding hydrogens is 620 g/mol. The SMILES string of the molecule is CCOC(=O)c1sc(N2C(=O)C(=O)/C(=C(/O)c3ccc4c(c3)C[C@H](C)O4)[C@@H]2c2ccc(OCc3ccccc3)c(OCC)c2)nc1C. The van der Waals surface area contributed by atoms with Crippen LogP contribution in [-0.2, 0) is 27.4 Å². The van der Waals surface area contributed by atoms with Gasteiger partial charge in [0, 0.05) is 12.0 Å². The van der Waals surface area contributed by atoms with Gasteiger partial charge in [0.05, 0.1) is 30.5 Å². The Morgan fingerprint density at radius 2 is 1.81 bits per heavy atom. The van der Waals surface area contributed by atoms with E-state index >= 15 is 0 Å². The van der Waals surface area contributed by atoms with Gasteiger partial charge in [-0.05, 0) is 74.7 Å². The summed E-state index contributed by atoms with van der Waals surface area (Å²) in [4.78, 5) is 46.3. The van der Waals surface area contributed by atoms with Gasteiger partial charge in [0.2, 0.25) is 0 Å². The van der Waals surface area contributed by atoms with Crippen molar-refractivity contribution in [1.29, 1.82) is 0 Å². The van der Waals surface area contributed by atoms with Crippen molar-refractivity contribution in [3.05, 3.63) is 105 Å². The number of hydrogen-bond acceptors (Lipinski definition) is 10. The fourth-order valence-electron chi connectivity index (χ4n) is 5.76. The Morgan fingerprint density at radius 1 is 1.02 bits per heavy atom. The Hall–Kier alpha value is -5.16. The third kappa shape index (κ3) is 6.18. The highest BCUT2D eigenvalue weighted by Crippen LogP contribution is 2.46. The van der Waals surface area contributed by atoms with E-state index in [1.54, 1.807) is 50.2 Å². The van der Waals surface area contributed by atoms with Gasteiger partial charge in [-0.15, -0.1) is 0 Å². The maximum absolute atomic E-state index is 13.8. The first-order valence-corrected chi connectivity index (χ1v) is 16.2. The van der Waals surface area contributed by atoms with Crippen LogP contribution in [-0.4, -0.2) is 47.1 Å². The second-order valence-electron chi connectivity index (χ2n) is 11.2. The maximum Gasteiger partial charge on any atom is 0.350 e.